The SMILES string of the molecule is N#Cc1cc(N)cnc1NCC1CCCCO1. The quantitative estimate of drug-likeness (QED) is 0.825. The third-order valence-corrected chi connectivity index (χ3v) is 2.80. The van der Waals surface area contributed by atoms with Crippen molar-refractivity contribution in [1.82, 2.24) is 4.98 Å². The fourth-order valence-electron chi connectivity index (χ4n) is 1.89. The van der Waals surface area contributed by atoms with E-state index in [-0.39, 0.29) is 6.10 Å². The first-order valence-corrected chi connectivity index (χ1v) is 5.80. The molecule has 0 aromatic carbocycles. The Morgan fingerprint density at radius 3 is 3.18 bits per heavy atom. The van der Waals surface area contributed by atoms with Crippen LogP contribution >= 0.6 is 0 Å². The van der Waals surface area contributed by atoms with E-state index in [1.165, 1.54) is 6.42 Å². The van der Waals surface area contributed by atoms with Crippen molar-refractivity contribution in [3.63, 3.8) is 0 Å². The van der Waals surface area contributed by atoms with Crippen LogP contribution in [0.15, 0.2) is 12.3 Å². The van der Waals surface area contributed by atoms with E-state index in [1.54, 1.807) is 12.3 Å². The molecule has 5 nitrogen and oxygen atoms in total. The van der Waals surface area contributed by atoms with E-state index >= 15 is 0 Å². The number of ether oxygens (including phenoxy) is 1. The van der Waals surface area contributed by atoms with Crippen LogP contribution in [-0.4, -0.2) is 24.2 Å². The van der Waals surface area contributed by atoms with E-state index in [4.69, 9.17) is 15.7 Å². The molecule has 2 heterocycles. The standard InChI is InChI=1S/C12H16N4O/c13-6-9-5-10(14)7-15-12(9)16-8-11-3-1-2-4-17-11/h5,7,11H,1-4,8,14H2,(H,15,16). The predicted molar refractivity (Wildman–Crippen MR) is 65.4 cm³/mol. The lowest BCUT2D eigenvalue weighted by Gasteiger charge is -2.23. The van der Waals surface area contributed by atoms with Crippen LogP contribution in [0.5, 0.6) is 0 Å². The average molecular weight is 232 g/mol. The molecule has 0 spiro atoms. The van der Waals surface area contributed by atoms with Gasteiger partial charge in [-0.2, -0.15) is 5.26 Å². The van der Waals surface area contributed by atoms with Crippen molar-refractivity contribution >= 4 is 11.5 Å². The summed E-state index contributed by atoms with van der Waals surface area (Å²) in [6, 6.07) is 3.70. The summed E-state index contributed by atoms with van der Waals surface area (Å²) in [5, 5.41) is 12.1. The number of rotatable bonds is 3. The molecule has 0 aliphatic carbocycles. The molecule has 0 bridgehead atoms. The number of nitrogens with one attached hydrogen (secondary N) is 1. The molecule has 1 aliphatic rings. The minimum atomic E-state index is 0.217. The van der Waals surface area contributed by atoms with Gasteiger partial charge in [0.1, 0.15) is 11.9 Å². The van der Waals surface area contributed by atoms with Gasteiger partial charge >= 0.3 is 0 Å². The van der Waals surface area contributed by atoms with E-state index in [0.29, 0.717) is 23.6 Å². The summed E-state index contributed by atoms with van der Waals surface area (Å²) in [5.74, 6) is 0.580. The van der Waals surface area contributed by atoms with E-state index in [9.17, 15) is 0 Å². The minimum absolute atomic E-state index is 0.217. The second-order valence-corrected chi connectivity index (χ2v) is 4.15. The molecule has 17 heavy (non-hydrogen) atoms. The molecule has 0 saturated carbocycles. The predicted octanol–water partition coefficient (Wildman–Crippen LogP) is 1.52. The van der Waals surface area contributed by atoms with Gasteiger partial charge in [0.15, 0.2) is 0 Å². The molecule has 3 N–H and O–H groups in total. The molecule has 1 unspecified atom stereocenters. The van der Waals surface area contributed by atoms with Crippen molar-refractivity contribution in [1.29, 1.82) is 5.26 Å². The first-order chi connectivity index (χ1) is 8.29. The van der Waals surface area contributed by atoms with Crippen molar-refractivity contribution in [2.45, 2.75) is 25.4 Å². The van der Waals surface area contributed by atoms with Crippen LogP contribution < -0.4 is 11.1 Å². The summed E-state index contributed by atoms with van der Waals surface area (Å²) in [4.78, 5) is 4.12. The third-order valence-electron chi connectivity index (χ3n) is 2.80. The summed E-state index contributed by atoms with van der Waals surface area (Å²) in [6.07, 6.45) is 5.16. The van der Waals surface area contributed by atoms with Gasteiger partial charge in [-0.1, -0.05) is 0 Å². The van der Waals surface area contributed by atoms with Crippen LogP contribution in [0.1, 0.15) is 24.8 Å². The molecule has 90 valence electrons. The van der Waals surface area contributed by atoms with E-state index in [1.807, 2.05) is 0 Å². The molecule has 1 aromatic heterocycles. The Hall–Kier alpha value is -1.80. The summed E-state index contributed by atoms with van der Waals surface area (Å²) in [7, 11) is 0. The van der Waals surface area contributed by atoms with Crippen molar-refractivity contribution in [3.8, 4) is 6.07 Å². The number of aromatic nitrogens is 1. The average Bonchev–Trinajstić information content (AvgIpc) is 2.38. The van der Waals surface area contributed by atoms with E-state index < -0.39 is 0 Å². The van der Waals surface area contributed by atoms with Crippen molar-refractivity contribution in [2.24, 2.45) is 0 Å². The number of hydrogen-bond donors (Lipinski definition) is 2. The van der Waals surface area contributed by atoms with Gasteiger partial charge < -0.3 is 15.8 Å². The van der Waals surface area contributed by atoms with Gasteiger partial charge in [-0.25, -0.2) is 4.98 Å². The molecule has 5 heteroatoms. The highest BCUT2D eigenvalue weighted by atomic mass is 16.5. The zero-order valence-electron chi connectivity index (χ0n) is 9.65. The normalized spacial score (nSPS) is 19.6. The van der Waals surface area contributed by atoms with Gasteiger partial charge in [0.05, 0.1) is 23.6 Å². The Kier molecular flexibility index (Phi) is 3.78. The minimum Gasteiger partial charge on any atom is -0.397 e. The van der Waals surface area contributed by atoms with Gasteiger partial charge in [-0.3, -0.25) is 0 Å². The van der Waals surface area contributed by atoms with Crippen LogP contribution in [0.4, 0.5) is 11.5 Å². The topological polar surface area (TPSA) is 84.0 Å². The molecule has 0 amide bonds. The van der Waals surface area contributed by atoms with Crippen LogP contribution in [0.2, 0.25) is 0 Å². The van der Waals surface area contributed by atoms with E-state index in [2.05, 4.69) is 16.4 Å². The maximum absolute atomic E-state index is 8.96. The van der Waals surface area contributed by atoms with Crippen molar-refractivity contribution in [2.75, 3.05) is 24.2 Å². The second kappa shape index (κ2) is 5.51. The second-order valence-electron chi connectivity index (χ2n) is 4.15. The zero-order valence-corrected chi connectivity index (χ0v) is 9.65. The fraction of sp³-hybridized carbons (Fsp3) is 0.500. The molecule has 1 aromatic rings. The number of pyridine rings is 1. The highest BCUT2D eigenvalue weighted by Gasteiger charge is 2.14. The van der Waals surface area contributed by atoms with Crippen LogP contribution in [0.3, 0.4) is 0 Å². The first kappa shape index (κ1) is 11.7. The Bertz CT molecular complexity index is 421. The van der Waals surface area contributed by atoms with Gasteiger partial charge in [0, 0.05) is 13.2 Å². The number of nitriles is 1. The van der Waals surface area contributed by atoms with Gasteiger partial charge in [-0.05, 0) is 25.3 Å². The lowest BCUT2D eigenvalue weighted by Crippen LogP contribution is -2.27. The van der Waals surface area contributed by atoms with Crippen LogP contribution in [-0.2, 0) is 4.74 Å². The fourth-order valence-corrected chi connectivity index (χ4v) is 1.89. The Morgan fingerprint density at radius 2 is 2.47 bits per heavy atom. The number of nitrogens with zero attached hydrogens (tertiary/aromatic N) is 2. The summed E-state index contributed by atoms with van der Waals surface area (Å²) in [5.41, 5.74) is 6.55. The summed E-state index contributed by atoms with van der Waals surface area (Å²) < 4.78 is 5.60. The maximum atomic E-state index is 8.96. The number of nitrogen functional groups attached to an aromatic ring is 1. The summed E-state index contributed by atoms with van der Waals surface area (Å²) in [6.45, 7) is 1.51. The Labute approximate surface area is 101 Å². The molecule has 2 rings (SSSR count). The lowest BCUT2D eigenvalue weighted by molar-refractivity contribution is 0.0247. The maximum Gasteiger partial charge on any atom is 0.144 e. The van der Waals surface area contributed by atoms with Crippen LogP contribution in [0, 0.1) is 11.3 Å². The monoisotopic (exact) mass is 232 g/mol. The molecule has 1 atom stereocenters. The van der Waals surface area contributed by atoms with Gasteiger partial charge in [0.25, 0.3) is 0 Å². The number of anilines is 2. The van der Waals surface area contributed by atoms with Gasteiger partial charge in [0.2, 0.25) is 0 Å². The Balaban J connectivity index is 1.96. The highest BCUT2D eigenvalue weighted by molar-refractivity contribution is 5.57. The molecular formula is C12H16N4O. The Morgan fingerprint density at radius 1 is 1.59 bits per heavy atom. The molecule has 1 fully saturated rings. The zero-order chi connectivity index (χ0) is 12.1. The highest BCUT2D eigenvalue weighted by Crippen LogP contribution is 2.17. The molecule has 1 saturated heterocycles. The van der Waals surface area contributed by atoms with Gasteiger partial charge in [-0.15, -0.1) is 0 Å². The largest absolute Gasteiger partial charge is 0.397 e. The van der Waals surface area contributed by atoms with Crippen molar-refractivity contribution in [3.05, 3.63) is 17.8 Å². The molecule has 0 radical (unpaired) electrons. The van der Waals surface area contributed by atoms with E-state index in [0.717, 1.165) is 19.4 Å². The molecule has 1 aliphatic heterocycles. The first-order valence-electron chi connectivity index (χ1n) is 5.80. The molecular weight excluding hydrogens is 216 g/mol. The smallest absolute Gasteiger partial charge is 0.144 e. The summed E-state index contributed by atoms with van der Waals surface area (Å²) >= 11 is 0. The number of nitrogens with two attached hydrogens (primary N) is 1. The van der Waals surface area contributed by atoms with Crippen LogP contribution in [0.25, 0.3) is 0 Å². The lowest BCUT2D eigenvalue weighted by atomic mass is 10.1. The third kappa shape index (κ3) is 3.08. The number of hydrogen-bond acceptors (Lipinski definition) is 5. The van der Waals surface area contributed by atoms with Crippen molar-refractivity contribution < 1.29 is 4.74 Å².